The molecule has 0 spiro atoms. The Bertz CT molecular complexity index is 766. The summed E-state index contributed by atoms with van der Waals surface area (Å²) in [6.45, 7) is 4.00. The van der Waals surface area contributed by atoms with E-state index < -0.39 is 5.97 Å². The van der Waals surface area contributed by atoms with Crippen molar-refractivity contribution in [3.05, 3.63) is 59.7 Å². The first-order chi connectivity index (χ1) is 12.5. The Morgan fingerprint density at radius 1 is 0.962 bits per heavy atom. The molecule has 0 radical (unpaired) electrons. The van der Waals surface area contributed by atoms with Crippen LogP contribution in [0.4, 0.5) is 5.69 Å². The molecule has 0 unspecified atom stereocenters. The van der Waals surface area contributed by atoms with E-state index in [0.29, 0.717) is 17.2 Å². The summed E-state index contributed by atoms with van der Waals surface area (Å²) in [5.74, 6) is -0.156. The molecule has 0 saturated carbocycles. The molecular formula is C20H23NO5. The second kappa shape index (κ2) is 10.6. The zero-order valence-corrected chi connectivity index (χ0v) is 15.3. The van der Waals surface area contributed by atoms with Gasteiger partial charge in [0.05, 0.1) is 19.8 Å². The fourth-order valence-electron chi connectivity index (χ4n) is 2.01. The Morgan fingerprint density at radius 2 is 1.58 bits per heavy atom. The minimum atomic E-state index is -1.01. The van der Waals surface area contributed by atoms with Crippen LogP contribution >= 0.6 is 0 Å². The van der Waals surface area contributed by atoms with Crippen LogP contribution in [0.25, 0.3) is 6.08 Å². The molecule has 2 rings (SSSR count). The molecule has 0 heterocycles. The van der Waals surface area contributed by atoms with Crippen molar-refractivity contribution in [3.63, 3.8) is 0 Å². The number of carbonyl (C=O) groups excluding carboxylic acids is 1. The summed E-state index contributed by atoms with van der Waals surface area (Å²) >= 11 is 0. The second-order valence-electron chi connectivity index (χ2n) is 4.82. The van der Waals surface area contributed by atoms with E-state index in [-0.39, 0.29) is 11.5 Å². The first-order valence-electron chi connectivity index (χ1n) is 8.08. The highest BCUT2D eigenvalue weighted by molar-refractivity contribution is 6.02. The van der Waals surface area contributed by atoms with E-state index in [4.69, 9.17) is 14.6 Å². The van der Waals surface area contributed by atoms with Crippen LogP contribution in [0, 0.1) is 0 Å². The summed E-state index contributed by atoms with van der Waals surface area (Å²) < 4.78 is 10.4. The molecule has 0 fully saturated rings. The Morgan fingerprint density at radius 3 is 2.12 bits per heavy atom. The van der Waals surface area contributed by atoms with E-state index >= 15 is 0 Å². The Balaban J connectivity index is 0.00000163. The largest absolute Gasteiger partial charge is 0.493 e. The van der Waals surface area contributed by atoms with Gasteiger partial charge in [0.1, 0.15) is 0 Å². The van der Waals surface area contributed by atoms with E-state index in [2.05, 4.69) is 5.32 Å². The summed E-state index contributed by atoms with van der Waals surface area (Å²) in [6.07, 6.45) is 3.02. The van der Waals surface area contributed by atoms with Crippen molar-refractivity contribution in [2.75, 3.05) is 19.5 Å². The number of benzene rings is 2. The topological polar surface area (TPSA) is 84.9 Å². The summed E-state index contributed by atoms with van der Waals surface area (Å²) in [7, 11) is 3.09. The lowest BCUT2D eigenvalue weighted by molar-refractivity contribution is -0.111. The van der Waals surface area contributed by atoms with Gasteiger partial charge in [0.15, 0.2) is 11.5 Å². The van der Waals surface area contributed by atoms with Gasteiger partial charge >= 0.3 is 5.97 Å². The molecule has 1 amide bonds. The Hall–Kier alpha value is -3.28. The fraction of sp³-hybridized carbons (Fsp3) is 0.200. The van der Waals surface area contributed by atoms with Crippen LogP contribution in [0.15, 0.2) is 48.5 Å². The molecule has 6 nitrogen and oxygen atoms in total. The molecule has 0 aliphatic rings. The molecule has 0 saturated heterocycles. The molecule has 2 aromatic carbocycles. The zero-order valence-electron chi connectivity index (χ0n) is 15.3. The quantitative estimate of drug-likeness (QED) is 0.761. The van der Waals surface area contributed by atoms with Gasteiger partial charge in [0, 0.05) is 11.8 Å². The normalized spacial score (nSPS) is 9.85. The number of amides is 1. The number of anilines is 1. The third kappa shape index (κ3) is 5.98. The van der Waals surface area contributed by atoms with Gasteiger partial charge in [-0.3, -0.25) is 4.79 Å². The van der Waals surface area contributed by atoms with Crippen LogP contribution in [-0.2, 0) is 4.79 Å². The highest BCUT2D eigenvalue weighted by atomic mass is 16.5. The van der Waals surface area contributed by atoms with Gasteiger partial charge in [-0.2, -0.15) is 0 Å². The van der Waals surface area contributed by atoms with E-state index in [1.165, 1.54) is 30.3 Å². The van der Waals surface area contributed by atoms with Crippen LogP contribution in [0.2, 0.25) is 0 Å². The highest BCUT2D eigenvalue weighted by Gasteiger charge is 2.04. The number of nitrogens with one attached hydrogen (secondary N) is 1. The maximum absolute atomic E-state index is 11.9. The molecule has 138 valence electrons. The number of carboxylic acid groups (broad SMARTS) is 1. The molecule has 6 heteroatoms. The standard InChI is InChI=1S/C18H17NO5.C2H6/c1-23-15-9-3-12(11-16(15)24-2)4-10-17(20)19-14-7-5-13(6-8-14)18(21)22;1-2/h3-11H,1-2H3,(H,19,20)(H,21,22);1-2H3/b10-4+;. The van der Waals surface area contributed by atoms with E-state index in [0.717, 1.165) is 5.56 Å². The van der Waals surface area contributed by atoms with Gasteiger partial charge in [0.25, 0.3) is 0 Å². The van der Waals surface area contributed by atoms with Crippen molar-refractivity contribution in [2.24, 2.45) is 0 Å². The van der Waals surface area contributed by atoms with Crippen LogP contribution < -0.4 is 14.8 Å². The third-order valence-electron chi connectivity index (χ3n) is 3.23. The minimum absolute atomic E-state index is 0.161. The molecule has 2 N–H and O–H groups in total. The average molecular weight is 357 g/mol. The first kappa shape index (κ1) is 20.8. The SMILES string of the molecule is CC.COc1ccc(/C=C/C(=O)Nc2ccc(C(=O)O)cc2)cc1OC. The maximum Gasteiger partial charge on any atom is 0.335 e. The smallest absolute Gasteiger partial charge is 0.335 e. The predicted molar refractivity (Wildman–Crippen MR) is 102 cm³/mol. The number of hydrogen-bond donors (Lipinski definition) is 2. The lowest BCUT2D eigenvalue weighted by Gasteiger charge is -2.07. The molecule has 26 heavy (non-hydrogen) atoms. The minimum Gasteiger partial charge on any atom is -0.493 e. The predicted octanol–water partition coefficient (Wildman–Crippen LogP) is 4.08. The van der Waals surface area contributed by atoms with Crippen molar-refractivity contribution >= 4 is 23.6 Å². The van der Waals surface area contributed by atoms with E-state index in [9.17, 15) is 9.59 Å². The third-order valence-corrected chi connectivity index (χ3v) is 3.23. The first-order valence-corrected chi connectivity index (χ1v) is 8.08. The Kier molecular flexibility index (Phi) is 8.43. The van der Waals surface area contributed by atoms with Gasteiger partial charge in [-0.05, 0) is 48.0 Å². The second-order valence-corrected chi connectivity index (χ2v) is 4.82. The number of carbonyl (C=O) groups is 2. The lowest BCUT2D eigenvalue weighted by Crippen LogP contribution is -2.08. The van der Waals surface area contributed by atoms with Crippen molar-refractivity contribution in [3.8, 4) is 11.5 Å². The lowest BCUT2D eigenvalue weighted by atomic mass is 10.2. The van der Waals surface area contributed by atoms with Crippen molar-refractivity contribution in [2.45, 2.75) is 13.8 Å². The monoisotopic (exact) mass is 357 g/mol. The molecule has 0 bridgehead atoms. The number of carboxylic acids is 1. The van der Waals surface area contributed by atoms with Gasteiger partial charge in [-0.15, -0.1) is 0 Å². The molecule has 0 atom stereocenters. The molecule has 0 aliphatic carbocycles. The van der Waals surface area contributed by atoms with Gasteiger partial charge < -0.3 is 19.9 Å². The molecular weight excluding hydrogens is 334 g/mol. The fourth-order valence-corrected chi connectivity index (χ4v) is 2.01. The number of hydrogen-bond acceptors (Lipinski definition) is 4. The van der Waals surface area contributed by atoms with Crippen molar-refractivity contribution < 1.29 is 24.2 Å². The molecule has 2 aromatic rings. The van der Waals surface area contributed by atoms with Crippen molar-refractivity contribution in [1.29, 1.82) is 0 Å². The number of rotatable bonds is 6. The molecule has 0 aliphatic heterocycles. The maximum atomic E-state index is 11.9. The molecule has 0 aromatic heterocycles. The number of aromatic carboxylic acids is 1. The van der Waals surface area contributed by atoms with Crippen LogP contribution in [0.1, 0.15) is 29.8 Å². The average Bonchev–Trinajstić information content (AvgIpc) is 2.68. The van der Waals surface area contributed by atoms with Crippen LogP contribution in [0.3, 0.4) is 0 Å². The summed E-state index contributed by atoms with van der Waals surface area (Å²) in [5, 5.41) is 11.5. The van der Waals surface area contributed by atoms with Crippen LogP contribution in [-0.4, -0.2) is 31.2 Å². The summed E-state index contributed by atoms with van der Waals surface area (Å²) in [4.78, 5) is 22.7. The highest BCUT2D eigenvalue weighted by Crippen LogP contribution is 2.27. The van der Waals surface area contributed by atoms with Gasteiger partial charge in [-0.1, -0.05) is 19.9 Å². The van der Waals surface area contributed by atoms with E-state index in [1.54, 1.807) is 38.5 Å². The summed E-state index contributed by atoms with van der Waals surface area (Å²) in [5.41, 5.74) is 1.46. The summed E-state index contributed by atoms with van der Waals surface area (Å²) in [6, 6.07) is 11.2. The number of ether oxygens (including phenoxy) is 2. The number of methoxy groups -OCH3 is 2. The van der Waals surface area contributed by atoms with Crippen LogP contribution in [0.5, 0.6) is 11.5 Å². The zero-order chi connectivity index (χ0) is 19.5. The Labute approximate surface area is 153 Å². The van der Waals surface area contributed by atoms with E-state index in [1.807, 2.05) is 13.8 Å². The van der Waals surface area contributed by atoms with Crippen molar-refractivity contribution in [1.82, 2.24) is 0 Å². The van der Waals surface area contributed by atoms with Gasteiger partial charge in [0.2, 0.25) is 5.91 Å². The van der Waals surface area contributed by atoms with Gasteiger partial charge in [-0.25, -0.2) is 4.79 Å².